The highest BCUT2D eigenvalue weighted by atomic mass is 32.1. The van der Waals surface area contributed by atoms with Crippen LogP contribution >= 0.6 is 11.3 Å². The third kappa shape index (κ3) is 2.63. The van der Waals surface area contributed by atoms with Crippen LogP contribution in [0.25, 0.3) is 0 Å². The third-order valence-electron chi connectivity index (χ3n) is 3.01. The second-order valence-electron chi connectivity index (χ2n) is 4.20. The molecule has 0 aliphatic heterocycles. The van der Waals surface area contributed by atoms with Gasteiger partial charge in [0.15, 0.2) is 11.5 Å². The lowest BCUT2D eigenvalue weighted by Gasteiger charge is -2.11. The van der Waals surface area contributed by atoms with Gasteiger partial charge in [0.05, 0.1) is 26.2 Å². The number of hydrogen-bond acceptors (Lipinski definition) is 5. The molecule has 4 nitrogen and oxygen atoms in total. The van der Waals surface area contributed by atoms with Crippen molar-refractivity contribution in [2.45, 2.75) is 6.92 Å². The predicted octanol–water partition coefficient (Wildman–Crippen LogP) is 3.31. The van der Waals surface area contributed by atoms with Gasteiger partial charge >= 0.3 is 0 Å². The number of benzene rings is 1. The maximum atomic E-state index is 12.5. The molecule has 0 amide bonds. The number of thiophene rings is 1. The Balaban J connectivity index is 2.43. The number of carbonyl (C=O) groups excluding carboxylic acids is 1. The van der Waals surface area contributed by atoms with Gasteiger partial charge < -0.3 is 14.2 Å². The zero-order chi connectivity index (χ0) is 14.7. The van der Waals surface area contributed by atoms with Crippen molar-refractivity contribution in [3.8, 4) is 17.2 Å². The van der Waals surface area contributed by atoms with E-state index in [2.05, 4.69) is 0 Å². The van der Waals surface area contributed by atoms with Gasteiger partial charge in [-0.05, 0) is 24.6 Å². The normalized spacial score (nSPS) is 10.2. The first-order valence-electron chi connectivity index (χ1n) is 6.00. The summed E-state index contributed by atoms with van der Waals surface area (Å²) < 4.78 is 15.6. The van der Waals surface area contributed by atoms with E-state index < -0.39 is 0 Å². The highest BCUT2D eigenvalue weighted by molar-refractivity contribution is 7.12. The van der Waals surface area contributed by atoms with Crippen LogP contribution in [0.3, 0.4) is 0 Å². The highest BCUT2D eigenvalue weighted by Gasteiger charge is 2.17. The first kappa shape index (κ1) is 14.4. The molecule has 0 bridgehead atoms. The maximum absolute atomic E-state index is 12.5. The average Bonchev–Trinajstić information content (AvgIpc) is 2.95. The van der Waals surface area contributed by atoms with Crippen LogP contribution in [-0.4, -0.2) is 27.1 Å². The van der Waals surface area contributed by atoms with Gasteiger partial charge in [0.25, 0.3) is 0 Å². The number of rotatable bonds is 5. The van der Waals surface area contributed by atoms with E-state index in [4.69, 9.17) is 14.2 Å². The molecule has 106 valence electrons. The Bertz CT molecular complexity index is 631. The van der Waals surface area contributed by atoms with Crippen molar-refractivity contribution in [3.05, 3.63) is 39.6 Å². The van der Waals surface area contributed by atoms with Crippen LogP contribution in [0.5, 0.6) is 17.2 Å². The molecule has 2 rings (SSSR count). The summed E-state index contributed by atoms with van der Waals surface area (Å²) in [7, 11) is 4.70. The molecular formula is C15H16O4S. The molecule has 0 fully saturated rings. The van der Waals surface area contributed by atoms with Crippen molar-refractivity contribution < 1.29 is 19.0 Å². The molecule has 0 N–H and O–H groups in total. The molecule has 0 aliphatic carbocycles. The summed E-state index contributed by atoms with van der Waals surface area (Å²) in [5.74, 6) is 1.81. The van der Waals surface area contributed by atoms with E-state index in [9.17, 15) is 4.79 Å². The van der Waals surface area contributed by atoms with Crippen LogP contribution in [0.2, 0.25) is 0 Å². The standard InChI is InChI=1S/C15H16O4S/c1-9-5-12(18-3)13(19-4)7-11(9)15(16)14-6-10(17-2)8-20-14/h5-8H,1-4H3. The summed E-state index contributed by atoms with van der Waals surface area (Å²) in [5, 5.41) is 1.81. The average molecular weight is 292 g/mol. The van der Waals surface area contributed by atoms with E-state index >= 15 is 0 Å². The summed E-state index contributed by atoms with van der Waals surface area (Å²) >= 11 is 1.36. The molecule has 0 unspecified atom stereocenters. The van der Waals surface area contributed by atoms with E-state index in [0.717, 1.165) is 5.56 Å². The summed E-state index contributed by atoms with van der Waals surface area (Å²) in [6.45, 7) is 1.88. The third-order valence-corrected chi connectivity index (χ3v) is 3.92. The zero-order valence-corrected chi connectivity index (χ0v) is 12.7. The molecule has 5 heteroatoms. The molecule has 0 saturated carbocycles. The van der Waals surface area contributed by atoms with Gasteiger partial charge in [-0.1, -0.05) is 0 Å². The fourth-order valence-corrected chi connectivity index (χ4v) is 2.71. The van der Waals surface area contributed by atoms with E-state index in [1.807, 2.05) is 12.3 Å². The Morgan fingerprint density at radius 3 is 2.20 bits per heavy atom. The zero-order valence-electron chi connectivity index (χ0n) is 11.9. The van der Waals surface area contributed by atoms with Crippen LogP contribution in [0.1, 0.15) is 20.8 Å². The largest absolute Gasteiger partial charge is 0.496 e. The highest BCUT2D eigenvalue weighted by Crippen LogP contribution is 2.32. The lowest BCUT2D eigenvalue weighted by molar-refractivity contribution is 0.104. The smallest absolute Gasteiger partial charge is 0.203 e. The Morgan fingerprint density at radius 1 is 1.00 bits per heavy atom. The van der Waals surface area contributed by atoms with Crippen LogP contribution in [0.15, 0.2) is 23.6 Å². The van der Waals surface area contributed by atoms with Crippen molar-refractivity contribution in [2.24, 2.45) is 0 Å². The molecule has 0 saturated heterocycles. The summed E-state index contributed by atoms with van der Waals surface area (Å²) in [6.07, 6.45) is 0. The lowest BCUT2D eigenvalue weighted by atomic mass is 10.0. The minimum Gasteiger partial charge on any atom is -0.496 e. The van der Waals surface area contributed by atoms with Crippen molar-refractivity contribution in [1.82, 2.24) is 0 Å². The minimum atomic E-state index is -0.0447. The van der Waals surface area contributed by atoms with Gasteiger partial charge in [-0.25, -0.2) is 0 Å². The van der Waals surface area contributed by atoms with Crippen molar-refractivity contribution in [1.29, 1.82) is 0 Å². The monoisotopic (exact) mass is 292 g/mol. The van der Waals surface area contributed by atoms with Gasteiger partial charge in [-0.2, -0.15) is 0 Å². The lowest BCUT2D eigenvalue weighted by Crippen LogP contribution is -2.03. The van der Waals surface area contributed by atoms with Crippen molar-refractivity contribution >= 4 is 17.1 Å². The Kier molecular flexibility index (Phi) is 4.29. The second kappa shape index (κ2) is 5.96. The Morgan fingerprint density at radius 2 is 1.65 bits per heavy atom. The van der Waals surface area contributed by atoms with Gasteiger partial charge in [0.2, 0.25) is 5.78 Å². The van der Waals surface area contributed by atoms with Gasteiger partial charge in [-0.3, -0.25) is 4.79 Å². The van der Waals surface area contributed by atoms with Gasteiger partial charge in [0.1, 0.15) is 5.75 Å². The number of hydrogen-bond donors (Lipinski definition) is 0. The van der Waals surface area contributed by atoms with E-state index in [-0.39, 0.29) is 5.78 Å². The summed E-state index contributed by atoms with van der Waals surface area (Å²) in [6, 6.07) is 5.25. The Hall–Kier alpha value is -2.01. The molecule has 1 heterocycles. The number of ether oxygens (including phenoxy) is 3. The van der Waals surface area contributed by atoms with E-state index in [0.29, 0.717) is 27.7 Å². The van der Waals surface area contributed by atoms with Crippen molar-refractivity contribution in [2.75, 3.05) is 21.3 Å². The first-order valence-corrected chi connectivity index (χ1v) is 6.88. The molecule has 0 radical (unpaired) electrons. The number of methoxy groups -OCH3 is 3. The van der Waals surface area contributed by atoms with Crippen LogP contribution < -0.4 is 14.2 Å². The first-order chi connectivity index (χ1) is 9.60. The maximum Gasteiger partial charge on any atom is 0.203 e. The number of aryl methyl sites for hydroxylation is 1. The van der Waals surface area contributed by atoms with Crippen LogP contribution in [-0.2, 0) is 0 Å². The molecule has 0 spiro atoms. The molecule has 1 aromatic heterocycles. The predicted molar refractivity (Wildman–Crippen MR) is 78.6 cm³/mol. The SMILES string of the molecule is COc1csc(C(=O)c2cc(OC)c(OC)cc2C)c1. The summed E-state index contributed by atoms with van der Waals surface area (Å²) in [4.78, 5) is 13.2. The van der Waals surface area contributed by atoms with Gasteiger partial charge in [-0.15, -0.1) is 11.3 Å². The molecule has 2 aromatic rings. The van der Waals surface area contributed by atoms with Crippen LogP contribution in [0, 0.1) is 6.92 Å². The fourth-order valence-electron chi connectivity index (χ4n) is 1.90. The van der Waals surface area contributed by atoms with Gasteiger partial charge in [0, 0.05) is 17.0 Å². The molecule has 20 heavy (non-hydrogen) atoms. The topological polar surface area (TPSA) is 44.8 Å². The molecule has 1 aromatic carbocycles. The molecule has 0 atom stereocenters. The van der Waals surface area contributed by atoms with Crippen molar-refractivity contribution in [3.63, 3.8) is 0 Å². The molecular weight excluding hydrogens is 276 g/mol. The number of ketones is 1. The second-order valence-corrected chi connectivity index (χ2v) is 5.11. The van der Waals surface area contributed by atoms with Crippen LogP contribution in [0.4, 0.5) is 0 Å². The minimum absolute atomic E-state index is 0.0447. The quantitative estimate of drug-likeness (QED) is 0.793. The molecule has 0 aliphatic rings. The summed E-state index contributed by atoms with van der Waals surface area (Å²) in [5.41, 5.74) is 1.45. The Labute approximate surface area is 121 Å². The van der Waals surface area contributed by atoms with E-state index in [1.165, 1.54) is 11.3 Å². The number of carbonyl (C=O) groups is 1. The van der Waals surface area contributed by atoms with E-state index in [1.54, 1.807) is 39.5 Å². The fraction of sp³-hybridized carbons (Fsp3) is 0.267.